The fourth-order valence-corrected chi connectivity index (χ4v) is 4.18. The molecule has 4 heterocycles. The standard InChI is InChI=1S/C20H14N2OS/c1-11-6-7-14-13-4-3-5-15(19(13)23-20(14)22-11)18-16-10-12(2)24-17(16)8-9-21-18/h3-10H,1-2H3. The molecule has 1 aromatic carbocycles. The lowest BCUT2D eigenvalue weighted by molar-refractivity contribution is 0.653. The van der Waals surface area contributed by atoms with Crippen LogP contribution in [0.5, 0.6) is 0 Å². The van der Waals surface area contributed by atoms with E-state index in [9.17, 15) is 0 Å². The highest BCUT2D eigenvalue weighted by molar-refractivity contribution is 7.19. The Morgan fingerprint density at radius 3 is 2.79 bits per heavy atom. The average molecular weight is 330 g/mol. The number of pyridine rings is 2. The van der Waals surface area contributed by atoms with Crippen LogP contribution in [0.2, 0.25) is 0 Å². The molecule has 0 aliphatic heterocycles. The molecule has 0 amide bonds. The van der Waals surface area contributed by atoms with E-state index >= 15 is 0 Å². The van der Waals surface area contributed by atoms with Crippen molar-refractivity contribution in [2.75, 3.05) is 0 Å². The minimum absolute atomic E-state index is 0.686. The van der Waals surface area contributed by atoms with Crippen LogP contribution < -0.4 is 0 Å². The van der Waals surface area contributed by atoms with Crippen LogP contribution in [0.3, 0.4) is 0 Å². The maximum absolute atomic E-state index is 6.13. The summed E-state index contributed by atoms with van der Waals surface area (Å²) in [6, 6.07) is 14.6. The number of rotatable bonds is 1. The first-order chi connectivity index (χ1) is 11.7. The van der Waals surface area contributed by atoms with Crippen LogP contribution in [0, 0.1) is 13.8 Å². The van der Waals surface area contributed by atoms with E-state index in [4.69, 9.17) is 4.42 Å². The number of thiophene rings is 1. The Kier molecular flexibility index (Phi) is 2.79. The number of hydrogen-bond acceptors (Lipinski definition) is 4. The van der Waals surface area contributed by atoms with Crippen molar-refractivity contribution in [3.8, 4) is 11.3 Å². The predicted molar refractivity (Wildman–Crippen MR) is 99.6 cm³/mol. The van der Waals surface area contributed by atoms with Gasteiger partial charge >= 0.3 is 0 Å². The average Bonchev–Trinajstić information content (AvgIpc) is 3.12. The molecule has 0 saturated heterocycles. The fourth-order valence-electron chi connectivity index (χ4n) is 3.26. The third-order valence-corrected chi connectivity index (χ3v) is 5.34. The second-order valence-corrected chi connectivity index (χ2v) is 7.31. The molecule has 4 aromatic heterocycles. The zero-order valence-corrected chi connectivity index (χ0v) is 14.1. The largest absolute Gasteiger partial charge is 0.437 e. The molecule has 0 fully saturated rings. The van der Waals surface area contributed by atoms with Gasteiger partial charge in [-0.15, -0.1) is 11.3 Å². The summed E-state index contributed by atoms with van der Waals surface area (Å²) in [6.45, 7) is 4.10. The first-order valence-electron chi connectivity index (χ1n) is 7.85. The van der Waals surface area contributed by atoms with Crippen molar-refractivity contribution >= 4 is 43.5 Å². The lowest BCUT2D eigenvalue weighted by Crippen LogP contribution is -1.84. The lowest BCUT2D eigenvalue weighted by atomic mass is 10.0. The molecule has 0 aliphatic carbocycles. The monoisotopic (exact) mass is 330 g/mol. The van der Waals surface area contributed by atoms with Gasteiger partial charge in [0.05, 0.1) is 5.69 Å². The van der Waals surface area contributed by atoms with Gasteiger partial charge in [-0.1, -0.05) is 12.1 Å². The minimum Gasteiger partial charge on any atom is -0.437 e. The number of para-hydroxylation sites is 1. The van der Waals surface area contributed by atoms with Crippen molar-refractivity contribution in [1.82, 2.24) is 9.97 Å². The normalized spacial score (nSPS) is 11.8. The molecule has 0 spiro atoms. The van der Waals surface area contributed by atoms with E-state index in [1.807, 2.05) is 19.2 Å². The van der Waals surface area contributed by atoms with Gasteiger partial charge in [0, 0.05) is 43.2 Å². The number of benzene rings is 1. The summed E-state index contributed by atoms with van der Waals surface area (Å²) in [4.78, 5) is 10.5. The second kappa shape index (κ2) is 4.89. The smallest absolute Gasteiger partial charge is 0.227 e. The first kappa shape index (κ1) is 13.7. The van der Waals surface area contributed by atoms with E-state index in [1.165, 1.54) is 15.0 Å². The van der Waals surface area contributed by atoms with Gasteiger partial charge in [0.25, 0.3) is 0 Å². The van der Waals surface area contributed by atoms with Gasteiger partial charge in [0.15, 0.2) is 0 Å². The molecule has 3 nitrogen and oxygen atoms in total. The molecule has 0 saturated carbocycles. The van der Waals surface area contributed by atoms with Crippen LogP contribution in [-0.4, -0.2) is 9.97 Å². The maximum atomic E-state index is 6.13. The third-order valence-electron chi connectivity index (χ3n) is 4.33. The van der Waals surface area contributed by atoms with E-state index in [2.05, 4.69) is 53.3 Å². The molecule has 0 atom stereocenters. The predicted octanol–water partition coefficient (Wildman–Crippen LogP) is 5.87. The van der Waals surface area contributed by atoms with Gasteiger partial charge in [-0.25, -0.2) is 4.98 Å². The molecular formula is C20H14N2OS. The van der Waals surface area contributed by atoms with Crippen LogP contribution >= 0.6 is 11.3 Å². The van der Waals surface area contributed by atoms with E-state index in [1.54, 1.807) is 11.3 Å². The molecular weight excluding hydrogens is 316 g/mol. The van der Waals surface area contributed by atoms with Crippen molar-refractivity contribution in [1.29, 1.82) is 0 Å². The Labute approximate surface area is 142 Å². The summed E-state index contributed by atoms with van der Waals surface area (Å²) < 4.78 is 7.38. The van der Waals surface area contributed by atoms with Crippen LogP contribution in [-0.2, 0) is 0 Å². The number of aromatic nitrogens is 2. The molecule has 0 N–H and O–H groups in total. The Balaban J connectivity index is 1.90. The van der Waals surface area contributed by atoms with E-state index < -0.39 is 0 Å². The van der Waals surface area contributed by atoms with Gasteiger partial charge < -0.3 is 4.42 Å². The minimum atomic E-state index is 0.686. The van der Waals surface area contributed by atoms with Crippen LogP contribution in [0.1, 0.15) is 10.6 Å². The van der Waals surface area contributed by atoms with Crippen molar-refractivity contribution in [3.05, 3.63) is 59.2 Å². The summed E-state index contributed by atoms with van der Waals surface area (Å²) in [5, 5.41) is 3.31. The number of aryl methyl sites for hydroxylation is 2. The highest BCUT2D eigenvalue weighted by Crippen LogP contribution is 2.38. The maximum Gasteiger partial charge on any atom is 0.227 e. The quantitative estimate of drug-likeness (QED) is 0.385. The van der Waals surface area contributed by atoms with Crippen molar-refractivity contribution in [2.45, 2.75) is 13.8 Å². The Hall–Kier alpha value is -2.72. The van der Waals surface area contributed by atoms with Gasteiger partial charge in [-0.05, 0) is 44.2 Å². The third kappa shape index (κ3) is 1.90. The zero-order valence-electron chi connectivity index (χ0n) is 13.3. The van der Waals surface area contributed by atoms with Gasteiger partial charge in [-0.3, -0.25) is 4.98 Å². The topological polar surface area (TPSA) is 38.9 Å². The van der Waals surface area contributed by atoms with E-state index in [0.717, 1.165) is 33.3 Å². The SMILES string of the molecule is Cc1ccc2c(n1)oc1c(-c3nccc4sc(C)cc34)cccc12. The number of nitrogens with zero attached hydrogens (tertiary/aromatic N) is 2. The lowest BCUT2D eigenvalue weighted by Gasteiger charge is -2.03. The summed E-state index contributed by atoms with van der Waals surface area (Å²) in [5.41, 5.74) is 4.49. The Morgan fingerprint density at radius 2 is 1.88 bits per heavy atom. The van der Waals surface area contributed by atoms with Crippen LogP contribution in [0.4, 0.5) is 0 Å². The Bertz CT molecular complexity index is 1230. The van der Waals surface area contributed by atoms with Crippen molar-refractivity contribution in [3.63, 3.8) is 0 Å². The molecule has 116 valence electrons. The summed E-state index contributed by atoms with van der Waals surface area (Å²) >= 11 is 1.79. The first-order valence-corrected chi connectivity index (χ1v) is 8.67. The summed E-state index contributed by atoms with van der Waals surface area (Å²) in [6.07, 6.45) is 1.87. The molecule has 24 heavy (non-hydrogen) atoms. The van der Waals surface area contributed by atoms with Gasteiger partial charge in [0.2, 0.25) is 5.71 Å². The van der Waals surface area contributed by atoms with Gasteiger partial charge in [0.1, 0.15) is 5.58 Å². The number of fused-ring (bicyclic) bond motifs is 4. The molecule has 5 aromatic rings. The molecule has 0 bridgehead atoms. The van der Waals surface area contributed by atoms with E-state index in [0.29, 0.717) is 5.71 Å². The van der Waals surface area contributed by atoms with Crippen LogP contribution in [0.25, 0.3) is 43.4 Å². The zero-order chi connectivity index (χ0) is 16.3. The van der Waals surface area contributed by atoms with Crippen LogP contribution in [0.15, 0.2) is 53.1 Å². The second-order valence-electron chi connectivity index (χ2n) is 6.02. The molecule has 0 radical (unpaired) electrons. The highest BCUT2D eigenvalue weighted by Gasteiger charge is 2.16. The fraction of sp³-hybridized carbons (Fsp3) is 0.100. The highest BCUT2D eigenvalue weighted by atomic mass is 32.1. The Morgan fingerprint density at radius 1 is 0.958 bits per heavy atom. The number of hydrogen-bond donors (Lipinski definition) is 0. The van der Waals surface area contributed by atoms with Crippen molar-refractivity contribution in [2.24, 2.45) is 0 Å². The molecule has 0 aliphatic rings. The van der Waals surface area contributed by atoms with E-state index in [-0.39, 0.29) is 0 Å². The molecule has 0 unspecified atom stereocenters. The van der Waals surface area contributed by atoms with Gasteiger partial charge in [-0.2, -0.15) is 0 Å². The summed E-state index contributed by atoms with van der Waals surface area (Å²) in [5.74, 6) is 0. The summed E-state index contributed by atoms with van der Waals surface area (Å²) in [7, 11) is 0. The number of furan rings is 1. The van der Waals surface area contributed by atoms with Crippen molar-refractivity contribution < 1.29 is 4.42 Å². The molecule has 5 rings (SSSR count). The molecule has 4 heteroatoms.